The van der Waals surface area contributed by atoms with E-state index in [2.05, 4.69) is 9.97 Å². The highest BCUT2D eigenvalue weighted by atomic mass is 16.1. The van der Waals surface area contributed by atoms with Gasteiger partial charge in [-0.3, -0.25) is 4.98 Å². The van der Waals surface area contributed by atoms with Crippen LogP contribution in [0.2, 0.25) is 0 Å². The molecular weight excluding hydrogens is 106 g/mol. The molecule has 0 aliphatic carbocycles. The van der Waals surface area contributed by atoms with Crippen LogP contribution in [0.4, 0.5) is 5.82 Å². The van der Waals surface area contributed by atoms with Gasteiger partial charge in [-0.25, -0.2) is 9.78 Å². The van der Waals surface area contributed by atoms with Crippen LogP contribution in [0.25, 0.3) is 0 Å². The highest BCUT2D eigenvalue weighted by molar-refractivity contribution is 5.22. The molecule has 0 bridgehead atoms. The standard InChI is InChI=1S/C4H5N3O/c5-3-1-2-6-4(8)7-3/h1-2H,(H3,5,6,7,8)/p+1. The summed E-state index contributed by atoms with van der Waals surface area (Å²) >= 11 is 0. The number of nitrogens with zero attached hydrogens (tertiary/aromatic N) is 1. The first-order valence-electron chi connectivity index (χ1n) is 2.10. The van der Waals surface area contributed by atoms with Crippen molar-refractivity contribution in [2.24, 2.45) is 0 Å². The molecule has 0 fully saturated rings. The lowest BCUT2D eigenvalue weighted by atomic mass is 10.6. The molecule has 4 heteroatoms. The Balaban J connectivity index is 0.000000640. The summed E-state index contributed by atoms with van der Waals surface area (Å²) < 4.78 is 0. The number of anilines is 1. The van der Waals surface area contributed by atoms with E-state index < -0.39 is 5.69 Å². The van der Waals surface area contributed by atoms with Crippen LogP contribution in [0, 0.1) is 0 Å². The lowest BCUT2D eigenvalue weighted by molar-refractivity contribution is 1.08. The van der Waals surface area contributed by atoms with Gasteiger partial charge in [-0.2, -0.15) is 0 Å². The van der Waals surface area contributed by atoms with Gasteiger partial charge >= 0.3 is 7.12 Å². The highest BCUT2D eigenvalue weighted by Crippen LogP contribution is 1.82. The number of H-pyrrole nitrogens is 1. The third-order valence-electron chi connectivity index (χ3n) is 0.697. The molecule has 4 nitrogen and oxygen atoms in total. The van der Waals surface area contributed by atoms with Crippen LogP contribution in [0.1, 0.15) is 1.43 Å². The van der Waals surface area contributed by atoms with Gasteiger partial charge in [0.05, 0.1) is 0 Å². The number of nitrogens with one attached hydrogen (secondary N) is 1. The van der Waals surface area contributed by atoms with E-state index in [0.29, 0.717) is 5.82 Å². The monoisotopic (exact) mass is 112 g/mol. The minimum Gasteiger partial charge on any atom is -0.385 e. The maximum atomic E-state index is 10.2. The van der Waals surface area contributed by atoms with Crippen molar-refractivity contribution in [3.63, 3.8) is 0 Å². The van der Waals surface area contributed by atoms with E-state index in [0.717, 1.165) is 0 Å². The van der Waals surface area contributed by atoms with Crippen molar-refractivity contribution in [3.8, 4) is 0 Å². The predicted molar refractivity (Wildman–Crippen MR) is 30.4 cm³/mol. The first-order chi connectivity index (χ1) is 3.79. The Morgan fingerprint density at radius 1 is 1.88 bits per heavy atom. The Kier molecular flexibility index (Phi) is 0.997. The van der Waals surface area contributed by atoms with E-state index in [1.807, 2.05) is 0 Å². The third-order valence-corrected chi connectivity index (χ3v) is 0.697. The first kappa shape index (κ1) is 4.83. The predicted octanol–water partition coefficient (Wildman–Crippen LogP) is -0.535. The molecular formula is C4H6N3O+. The second-order valence-corrected chi connectivity index (χ2v) is 1.33. The van der Waals surface area contributed by atoms with Gasteiger partial charge < -0.3 is 5.73 Å². The summed E-state index contributed by atoms with van der Waals surface area (Å²) in [4.78, 5) is 15.9. The van der Waals surface area contributed by atoms with Crippen molar-refractivity contribution in [1.82, 2.24) is 9.97 Å². The molecule has 0 spiro atoms. The summed E-state index contributed by atoms with van der Waals surface area (Å²) in [5.41, 5.74) is 4.75. The Morgan fingerprint density at radius 2 is 2.62 bits per heavy atom. The number of nitrogens with two attached hydrogens (primary N) is 1. The largest absolute Gasteiger partial charge is 1.00 e. The Morgan fingerprint density at radius 3 is 3.00 bits per heavy atom. The number of hydrogen-bond donors (Lipinski definition) is 2. The number of aromatic nitrogens is 2. The van der Waals surface area contributed by atoms with Crippen molar-refractivity contribution in [2.75, 3.05) is 5.73 Å². The van der Waals surface area contributed by atoms with E-state index in [4.69, 9.17) is 5.73 Å². The number of rotatable bonds is 0. The first-order valence-corrected chi connectivity index (χ1v) is 2.10. The maximum absolute atomic E-state index is 10.2. The molecule has 0 radical (unpaired) electrons. The summed E-state index contributed by atoms with van der Waals surface area (Å²) in [5.74, 6) is 0.338. The fourth-order valence-corrected chi connectivity index (χ4v) is 0.383. The topological polar surface area (TPSA) is 71.8 Å². The molecule has 0 unspecified atom stereocenters. The van der Waals surface area contributed by atoms with Crippen molar-refractivity contribution in [1.29, 1.82) is 0 Å². The SMILES string of the molecule is Nc1ccnc(=O)[nH]1.[H+]. The zero-order valence-corrected chi connectivity index (χ0v) is 4.09. The fraction of sp³-hybridized carbons (Fsp3) is 0. The second-order valence-electron chi connectivity index (χ2n) is 1.33. The van der Waals surface area contributed by atoms with Crippen LogP contribution in [0.3, 0.4) is 0 Å². The average Bonchev–Trinajstić information content (AvgIpc) is 1.64. The van der Waals surface area contributed by atoms with Crippen LogP contribution in [0.15, 0.2) is 17.1 Å². The maximum Gasteiger partial charge on any atom is 1.00 e. The van der Waals surface area contributed by atoms with Gasteiger partial charge in [-0.1, -0.05) is 0 Å². The van der Waals surface area contributed by atoms with Gasteiger partial charge in [0.15, 0.2) is 0 Å². The fourth-order valence-electron chi connectivity index (χ4n) is 0.383. The lowest BCUT2D eigenvalue weighted by Gasteiger charge is -1.84. The summed E-state index contributed by atoms with van der Waals surface area (Å²) in [6, 6.07) is 1.52. The van der Waals surface area contributed by atoms with E-state index in [1.54, 1.807) is 0 Å². The number of hydrogen-bond acceptors (Lipinski definition) is 3. The van der Waals surface area contributed by atoms with Crippen LogP contribution in [-0.2, 0) is 0 Å². The van der Waals surface area contributed by atoms with Crippen LogP contribution < -0.4 is 11.4 Å². The van der Waals surface area contributed by atoms with Crippen molar-refractivity contribution >= 4 is 5.82 Å². The van der Waals surface area contributed by atoms with Gasteiger partial charge in [-0.05, 0) is 6.07 Å². The Hall–Kier alpha value is -1.32. The Bertz CT molecular complexity index is 233. The molecule has 1 rings (SSSR count). The minimum absolute atomic E-state index is 0. The molecule has 1 aromatic heterocycles. The van der Waals surface area contributed by atoms with Gasteiger partial charge in [0.1, 0.15) is 5.82 Å². The number of aromatic amines is 1. The van der Waals surface area contributed by atoms with Crippen molar-refractivity contribution in [2.45, 2.75) is 0 Å². The molecule has 0 saturated carbocycles. The van der Waals surface area contributed by atoms with E-state index in [9.17, 15) is 4.79 Å². The van der Waals surface area contributed by atoms with Crippen LogP contribution in [0.5, 0.6) is 0 Å². The molecule has 0 saturated heterocycles. The zero-order valence-electron chi connectivity index (χ0n) is 5.09. The molecule has 0 atom stereocenters. The van der Waals surface area contributed by atoms with Gasteiger partial charge in [0.25, 0.3) is 0 Å². The smallest absolute Gasteiger partial charge is 0.385 e. The van der Waals surface area contributed by atoms with E-state index in [1.165, 1.54) is 12.3 Å². The summed E-state index contributed by atoms with van der Waals surface area (Å²) in [6.07, 6.45) is 1.36. The molecule has 3 N–H and O–H groups in total. The molecule has 1 heterocycles. The highest BCUT2D eigenvalue weighted by Gasteiger charge is 1.80. The van der Waals surface area contributed by atoms with Crippen molar-refractivity contribution in [3.05, 3.63) is 22.7 Å². The van der Waals surface area contributed by atoms with E-state index in [-0.39, 0.29) is 1.43 Å². The van der Waals surface area contributed by atoms with Gasteiger partial charge in [0, 0.05) is 6.20 Å². The third kappa shape index (κ3) is 0.841. The van der Waals surface area contributed by atoms with Crippen LogP contribution >= 0.6 is 0 Å². The zero-order chi connectivity index (χ0) is 5.98. The average molecular weight is 112 g/mol. The molecule has 42 valence electrons. The van der Waals surface area contributed by atoms with Crippen LogP contribution in [-0.4, -0.2) is 9.97 Å². The molecule has 0 amide bonds. The molecule has 0 aliphatic heterocycles. The summed E-state index contributed by atoms with van der Waals surface area (Å²) in [5, 5.41) is 0. The molecule has 1 aromatic rings. The minimum atomic E-state index is -0.412. The normalized spacial score (nSPS) is 9.00. The summed E-state index contributed by atoms with van der Waals surface area (Å²) in [7, 11) is 0. The van der Waals surface area contributed by atoms with Gasteiger partial charge in [0.2, 0.25) is 0 Å². The number of nitrogen functional groups attached to an aromatic ring is 1. The summed E-state index contributed by atoms with van der Waals surface area (Å²) in [6.45, 7) is 0. The Labute approximate surface area is 46.9 Å². The quantitative estimate of drug-likeness (QED) is 0.473. The van der Waals surface area contributed by atoms with E-state index >= 15 is 0 Å². The second kappa shape index (κ2) is 1.65. The van der Waals surface area contributed by atoms with Gasteiger partial charge in [-0.15, -0.1) is 0 Å². The molecule has 8 heavy (non-hydrogen) atoms. The lowest BCUT2D eigenvalue weighted by Crippen LogP contribution is -2.10. The molecule has 0 aromatic carbocycles. The molecule has 0 aliphatic rings. The van der Waals surface area contributed by atoms with Crippen molar-refractivity contribution < 1.29 is 1.43 Å².